The van der Waals surface area contributed by atoms with E-state index in [9.17, 15) is 4.79 Å². The predicted octanol–water partition coefficient (Wildman–Crippen LogP) is 3.50. The van der Waals surface area contributed by atoms with Gasteiger partial charge in [-0.2, -0.15) is 0 Å². The Morgan fingerprint density at radius 2 is 1.81 bits per heavy atom. The molecule has 0 aliphatic rings. The zero-order chi connectivity index (χ0) is 15.5. The van der Waals surface area contributed by atoms with Crippen LogP contribution in [0.2, 0.25) is 0 Å². The highest BCUT2D eigenvalue weighted by Crippen LogP contribution is 2.10. The summed E-state index contributed by atoms with van der Waals surface area (Å²) in [5, 5.41) is 3.49. The summed E-state index contributed by atoms with van der Waals surface area (Å²) in [5.74, 6) is -0.114. The number of esters is 1. The smallest absolute Gasteiger partial charge is 0.307 e. The number of ether oxygens (including phenoxy) is 1. The van der Waals surface area contributed by atoms with Gasteiger partial charge in [-0.05, 0) is 43.9 Å². The molecular weight excluding hydrogens is 262 g/mol. The molecule has 3 heteroatoms. The van der Waals surface area contributed by atoms with Crippen LogP contribution in [-0.2, 0) is 22.4 Å². The highest BCUT2D eigenvalue weighted by molar-refractivity contribution is 5.70. The Balaban J connectivity index is 2.58. The molecule has 0 saturated carbocycles. The molecule has 1 N–H and O–H groups in total. The lowest BCUT2D eigenvalue weighted by Gasteiger charge is -2.18. The van der Waals surface area contributed by atoms with Crippen LogP contribution >= 0.6 is 0 Å². The second kappa shape index (κ2) is 10.4. The summed E-state index contributed by atoms with van der Waals surface area (Å²) in [5.41, 5.74) is 2.62. The van der Waals surface area contributed by atoms with E-state index >= 15 is 0 Å². The molecule has 21 heavy (non-hydrogen) atoms. The quantitative estimate of drug-likeness (QED) is 0.529. The summed E-state index contributed by atoms with van der Waals surface area (Å²) >= 11 is 0. The van der Waals surface area contributed by atoms with Crippen LogP contribution in [0.15, 0.2) is 24.3 Å². The van der Waals surface area contributed by atoms with Crippen LogP contribution in [0.5, 0.6) is 0 Å². The Morgan fingerprint density at radius 1 is 1.14 bits per heavy atom. The fourth-order valence-corrected chi connectivity index (χ4v) is 2.32. The van der Waals surface area contributed by atoms with Gasteiger partial charge in [0.2, 0.25) is 0 Å². The van der Waals surface area contributed by atoms with Crippen molar-refractivity contribution in [2.45, 2.75) is 58.9 Å². The molecule has 0 spiro atoms. The summed E-state index contributed by atoms with van der Waals surface area (Å²) in [6.45, 7) is 7.58. The van der Waals surface area contributed by atoms with E-state index in [1.807, 2.05) is 6.92 Å². The van der Waals surface area contributed by atoms with Crippen LogP contribution in [-0.4, -0.2) is 25.2 Å². The SMILES string of the molecule is CCCCNC(CC(=O)OCC)Cc1ccc(CC)cc1. The van der Waals surface area contributed by atoms with Crippen molar-refractivity contribution in [1.29, 1.82) is 0 Å². The zero-order valence-electron chi connectivity index (χ0n) is 13.7. The van der Waals surface area contributed by atoms with E-state index in [1.54, 1.807) is 0 Å². The molecule has 0 aliphatic carbocycles. The fourth-order valence-electron chi connectivity index (χ4n) is 2.32. The second-order valence-corrected chi connectivity index (χ2v) is 5.39. The molecule has 118 valence electrons. The third-order valence-electron chi connectivity index (χ3n) is 3.60. The summed E-state index contributed by atoms with van der Waals surface area (Å²) in [7, 11) is 0. The molecule has 0 saturated heterocycles. The number of nitrogens with one attached hydrogen (secondary N) is 1. The lowest BCUT2D eigenvalue weighted by atomic mass is 10.0. The summed E-state index contributed by atoms with van der Waals surface area (Å²) in [4.78, 5) is 11.7. The van der Waals surface area contributed by atoms with E-state index in [0.717, 1.165) is 32.2 Å². The number of aryl methyl sites for hydroxylation is 1. The minimum Gasteiger partial charge on any atom is -0.466 e. The molecule has 1 aromatic carbocycles. The number of carbonyl (C=O) groups excluding carboxylic acids is 1. The van der Waals surface area contributed by atoms with Gasteiger partial charge in [-0.3, -0.25) is 4.79 Å². The number of hydrogen-bond acceptors (Lipinski definition) is 3. The highest BCUT2D eigenvalue weighted by atomic mass is 16.5. The van der Waals surface area contributed by atoms with Crippen LogP contribution < -0.4 is 5.32 Å². The second-order valence-electron chi connectivity index (χ2n) is 5.39. The zero-order valence-corrected chi connectivity index (χ0v) is 13.7. The van der Waals surface area contributed by atoms with E-state index < -0.39 is 0 Å². The molecule has 1 unspecified atom stereocenters. The molecule has 0 bridgehead atoms. The molecule has 1 rings (SSSR count). The minimum absolute atomic E-state index is 0.114. The van der Waals surface area contributed by atoms with Crippen LogP contribution in [0.3, 0.4) is 0 Å². The molecule has 1 aromatic rings. The van der Waals surface area contributed by atoms with E-state index in [4.69, 9.17) is 4.74 Å². The monoisotopic (exact) mass is 291 g/mol. The predicted molar refractivity (Wildman–Crippen MR) is 87.5 cm³/mol. The Hall–Kier alpha value is -1.35. The Kier molecular flexibility index (Phi) is 8.76. The van der Waals surface area contributed by atoms with Crippen LogP contribution in [0.1, 0.15) is 51.2 Å². The average Bonchev–Trinajstić information content (AvgIpc) is 2.48. The highest BCUT2D eigenvalue weighted by Gasteiger charge is 2.14. The minimum atomic E-state index is -0.114. The van der Waals surface area contributed by atoms with E-state index in [1.165, 1.54) is 11.1 Å². The maximum absolute atomic E-state index is 11.7. The van der Waals surface area contributed by atoms with Gasteiger partial charge >= 0.3 is 5.97 Å². The van der Waals surface area contributed by atoms with Crippen molar-refractivity contribution in [3.8, 4) is 0 Å². The van der Waals surface area contributed by atoms with Crippen molar-refractivity contribution in [1.82, 2.24) is 5.32 Å². The first-order valence-corrected chi connectivity index (χ1v) is 8.16. The van der Waals surface area contributed by atoms with Crippen LogP contribution in [0.4, 0.5) is 0 Å². The first-order chi connectivity index (χ1) is 10.2. The van der Waals surface area contributed by atoms with Crippen molar-refractivity contribution in [2.75, 3.05) is 13.2 Å². The normalized spacial score (nSPS) is 12.1. The Labute approximate surface area is 129 Å². The summed E-state index contributed by atoms with van der Waals surface area (Å²) in [6.07, 6.45) is 4.65. The number of unbranched alkanes of at least 4 members (excludes halogenated alkanes) is 1. The van der Waals surface area contributed by atoms with E-state index in [-0.39, 0.29) is 12.0 Å². The van der Waals surface area contributed by atoms with Gasteiger partial charge in [0.05, 0.1) is 13.0 Å². The van der Waals surface area contributed by atoms with Crippen molar-refractivity contribution >= 4 is 5.97 Å². The molecule has 0 fully saturated rings. The summed E-state index contributed by atoms with van der Waals surface area (Å²) < 4.78 is 5.07. The van der Waals surface area contributed by atoms with Crippen molar-refractivity contribution in [2.24, 2.45) is 0 Å². The fraction of sp³-hybridized carbons (Fsp3) is 0.611. The molecule has 0 aliphatic heterocycles. The topological polar surface area (TPSA) is 38.3 Å². The van der Waals surface area contributed by atoms with Gasteiger partial charge in [-0.25, -0.2) is 0 Å². The number of benzene rings is 1. The molecule has 1 atom stereocenters. The molecule has 0 aromatic heterocycles. The Bertz CT molecular complexity index is 400. The summed E-state index contributed by atoms with van der Waals surface area (Å²) in [6, 6.07) is 8.82. The molecule has 0 heterocycles. The average molecular weight is 291 g/mol. The molecule has 3 nitrogen and oxygen atoms in total. The van der Waals surface area contributed by atoms with Gasteiger partial charge in [0.15, 0.2) is 0 Å². The van der Waals surface area contributed by atoms with E-state index in [2.05, 4.69) is 43.4 Å². The number of rotatable bonds is 10. The third-order valence-corrected chi connectivity index (χ3v) is 3.60. The van der Waals surface area contributed by atoms with Crippen molar-refractivity contribution in [3.63, 3.8) is 0 Å². The van der Waals surface area contributed by atoms with Gasteiger partial charge in [0.1, 0.15) is 0 Å². The lowest BCUT2D eigenvalue weighted by molar-refractivity contribution is -0.143. The van der Waals surface area contributed by atoms with Gasteiger partial charge in [-0.15, -0.1) is 0 Å². The molecule has 0 radical (unpaired) electrons. The molecular formula is C18H29NO2. The first-order valence-electron chi connectivity index (χ1n) is 8.16. The largest absolute Gasteiger partial charge is 0.466 e. The van der Waals surface area contributed by atoms with Gasteiger partial charge in [0, 0.05) is 6.04 Å². The molecule has 0 amide bonds. The van der Waals surface area contributed by atoms with Crippen LogP contribution in [0.25, 0.3) is 0 Å². The van der Waals surface area contributed by atoms with Gasteiger partial charge in [0.25, 0.3) is 0 Å². The van der Waals surface area contributed by atoms with E-state index in [0.29, 0.717) is 13.0 Å². The number of carbonyl (C=O) groups is 1. The van der Waals surface area contributed by atoms with Crippen molar-refractivity contribution in [3.05, 3.63) is 35.4 Å². The van der Waals surface area contributed by atoms with Gasteiger partial charge in [-0.1, -0.05) is 44.5 Å². The maximum Gasteiger partial charge on any atom is 0.307 e. The van der Waals surface area contributed by atoms with Gasteiger partial charge < -0.3 is 10.1 Å². The lowest BCUT2D eigenvalue weighted by Crippen LogP contribution is -2.34. The third kappa shape index (κ3) is 7.28. The standard InChI is InChI=1S/C18H29NO2/c1-4-7-12-19-17(14-18(20)21-6-3)13-16-10-8-15(5-2)9-11-16/h8-11,17,19H,4-7,12-14H2,1-3H3. The number of hydrogen-bond donors (Lipinski definition) is 1. The Morgan fingerprint density at radius 3 is 2.38 bits per heavy atom. The maximum atomic E-state index is 11.7. The first kappa shape index (κ1) is 17.7. The van der Waals surface area contributed by atoms with Crippen LogP contribution in [0, 0.1) is 0 Å². The van der Waals surface area contributed by atoms with Crippen molar-refractivity contribution < 1.29 is 9.53 Å².